The number of ketones is 1. The zero-order valence-corrected chi connectivity index (χ0v) is 39.3. The lowest BCUT2D eigenvalue weighted by molar-refractivity contribution is -0.346. The first-order chi connectivity index (χ1) is 35.3. The van der Waals surface area contributed by atoms with Crippen molar-refractivity contribution in [3.63, 3.8) is 0 Å². The molecule has 3 fully saturated rings. The van der Waals surface area contributed by atoms with Crippen molar-refractivity contribution in [3.05, 3.63) is 149 Å². The van der Waals surface area contributed by atoms with Crippen LogP contribution in [0.15, 0.2) is 126 Å². The van der Waals surface area contributed by atoms with Gasteiger partial charge in [0.25, 0.3) is 5.91 Å². The smallest absolute Gasteiger partial charge is 0.338 e. The lowest BCUT2D eigenvalue weighted by Gasteiger charge is -2.67. The van der Waals surface area contributed by atoms with E-state index in [0.717, 1.165) is 19.4 Å². The minimum atomic E-state index is -2.53. The number of hydrogen-bond acceptors (Lipinski definition) is 15. The molecule has 4 aromatic rings. The van der Waals surface area contributed by atoms with E-state index in [4.69, 9.17) is 35.3 Å². The Kier molecular flexibility index (Phi) is 11.9. The molecule has 368 valence electrons. The van der Waals surface area contributed by atoms with E-state index in [-0.39, 0.29) is 41.9 Å². The number of amides is 1. The van der Waals surface area contributed by atoms with Crippen molar-refractivity contribution >= 4 is 35.6 Å². The van der Waals surface area contributed by atoms with Crippen molar-refractivity contribution < 1.29 is 79.4 Å². The lowest BCUT2D eigenvalue weighted by Crippen LogP contribution is -2.82. The molecule has 2 saturated carbocycles. The van der Waals surface area contributed by atoms with Gasteiger partial charge < -0.3 is 49.1 Å². The maximum Gasteiger partial charge on any atom is 0.338 e. The van der Waals surface area contributed by atoms with Crippen LogP contribution < -0.4 is 10.1 Å². The molecule has 70 heavy (non-hydrogen) atoms. The van der Waals surface area contributed by atoms with E-state index >= 15 is 4.79 Å². The molecule has 4 aliphatic rings. The summed E-state index contributed by atoms with van der Waals surface area (Å²) in [5, 5.41) is 40.6. The third-order valence-corrected chi connectivity index (χ3v) is 14.5. The number of aliphatic hydroxyl groups excluding tert-OH is 2. The number of ether oxygens (including phenoxy) is 6. The fourth-order valence-electron chi connectivity index (χ4n) is 10.8. The first-order valence-corrected chi connectivity index (χ1v) is 22.7. The molecule has 4 aromatic carbocycles. The van der Waals surface area contributed by atoms with E-state index in [0.29, 0.717) is 5.75 Å². The number of benzene rings is 4. The number of esters is 4. The molecule has 1 saturated heterocycles. The van der Waals surface area contributed by atoms with E-state index in [1.807, 2.05) is 30.3 Å². The van der Waals surface area contributed by atoms with Gasteiger partial charge in [0, 0.05) is 37.7 Å². The third-order valence-electron chi connectivity index (χ3n) is 14.5. The monoisotopic (exact) mass is 964 g/mol. The molecule has 0 unspecified atom stereocenters. The van der Waals surface area contributed by atoms with Crippen LogP contribution >= 0.6 is 0 Å². The Balaban J connectivity index is 1.24. The predicted octanol–water partition coefficient (Wildman–Crippen LogP) is 5.31. The molecule has 0 radical (unpaired) electrons. The molecular formula is C54H57NO15. The molecule has 16 heteroatoms. The largest absolute Gasteiger partial charge is 0.489 e. The van der Waals surface area contributed by atoms with Crippen molar-refractivity contribution in [2.75, 3.05) is 6.61 Å². The van der Waals surface area contributed by atoms with Gasteiger partial charge in [-0.05, 0) is 72.5 Å². The molecule has 1 amide bonds. The van der Waals surface area contributed by atoms with E-state index in [1.54, 1.807) is 18.2 Å². The highest BCUT2D eigenvalue weighted by Gasteiger charge is 2.78. The Morgan fingerprint density at radius 1 is 0.857 bits per heavy atom. The minimum absolute atomic E-state index is 0.00688. The standard InChI is InChI=1S/C54H57NO15/c1-30-38(68-50(63)43(59)42(55-48(61)35-18-12-8-13-19-35)34-22-24-37(25-23-34)65-28-33-16-10-7-11-17-33)27-54(64)47(69-49(62)36-20-14-9-15-21-36)45-52(6,39(58)26-40-53(45,29-66-40)70-32(3)57)46(60)44(67-31(2)56)41(30)51(54,4)5/h7-25,38-40,42-45,47,58-59,64H,26-29H2,1-6H3,(H,55,61)/t38-,39-,40+,42-,43+,44+,45-,47-,52+,53-,54+/m0/s1/i8D,12D,13D,18D,19D. The normalized spacial score (nSPS) is 30.5. The van der Waals surface area contributed by atoms with Crippen LogP contribution in [0.25, 0.3) is 0 Å². The summed E-state index contributed by atoms with van der Waals surface area (Å²) in [6, 6.07) is 16.7. The van der Waals surface area contributed by atoms with Gasteiger partial charge in [0.05, 0.1) is 42.5 Å². The van der Waals surface area contributed by atoms with Crippen LogP contribution in [0, 0.1) is 16.7 Å². The number of Topliss-reactive ketones (excluding diaryl/α,β-unsaturated/α-hetero) is 1. The lowest BCUT2D eigenvalue weighted by atomic mass is 9.44. The number of carbonyl (C=O) groups is 6. The van der Waals surface area contributed by atoms with Gasteiger partial charge in [0.2, 0.25) is 0 Å². The second-order valence-corrected chi connectivity index (χ2v) is 18.9. The molecule has 1 aliphatic heterocycles. The van der Waals surface area contributed by atoms with Crippen LogP contribution in [0.5, 0.6) is 5.75 Å². The quantitative estimate of drug-likeness (QED) is 0.0756. The fourth-order valence-corrected chi connectivity index (χ4v) is 10.8. The predicted molar refractivity (Wildman–Crippen MR) is 248 cm³/mol. The topological polar surface area (TPSA) is 231 Å². The Morgan fingerprint density at radius 2 is 1.50 bits per heavy atom. The number of nitrogens with one attached hydrogen (secondary N) is 1. The fraction of sp³-hybridized carbons (Fsp3) is 0.407. The first kappa shape index (κ1) is 43.3. The summed E-state index contributed by atoms with van der Waals surface area (Å²) in [5.41, 5.74) is -8.26. The first-order valence-electron chi connectivity index (χ1n) is 25.2. The van der Waals surface area contributed by atoms with Crippen molar-refractivity contribution in [1.82, 2.24) is 5.32 Å². The van der Waals surface area contributed by atoms with E-state index < -0.39 is 148 Å². The Bertz CT molecular complexity index is 2950. The highest BCUT2D eigenvalue weighted by atomic mass is 16.6. The van der Waals surface area contributed by atoms with E-state index in [9.17, 15) is 39.3 Å². The summed E-state index contributed by atoms with van der Waals surface area (Å²) < 4.78 is 77.6. The summed E-state index contributed by atoms with van der Waals surface area (Å²) in [7, 11) is 0. The van der Waals surface area contributed by atoms with Gasteiger partial charge in [-0.1, -0.05) is 92.6 Å². The van der Waals surface area contributed by atoms with Crippen LogP contribution in [0.2, 0.25) is 0 Å². The molecule has 4 N–H and O–H groups in total. The molecule has 2 bridgehead atoms. The second-order valence-electron chi connectivity index (χ2n) is 18.9. The van der Waals surface area contributed by atoms with Gasteiger partial charge in [-0.3, -0.25) is 19.2 Å². The number of rotatable bonds is 13. The summed E-state index contributed by atoms with van der Waals surface area (Å²) in [4.78, 5) is 85.2. The molecule has 16 nitrogen and oxygen atoms in total. The molecule has 3 aliphatic carbocycles. The van der Waals surface area contributed by atoms with Crippen LogP contribution in [0.1, 0.15) is 99.1 Å². The van der Waals surface area contributed by atoms with Crippen LogP contribution in [0.3, 0.4) is 0 Å². The molecule has 8 rings (SSSR count). The van der Waals surface area contributed by atoms with Crippen molar-refractivity contribution in [3.8, 4) is 5.75 Å². The van der Waals surface area contributed by atoms with Gasteiger partial charge in [0.15, 0.2) is 23.6 Å². The highest BCUT2D eigenvalue weighted by molar-refractivity contribution is 5.96. The average Bonchev–Trinajstić information content (AvgIpc) is 3.38. The van der Waals surface area contributed by atoms with Gasteiger partial charge in [-0.15, -0.1) is 0 Å². The van der Waals surface area contributed by atoms with Gasteiger partial charge in [0.1, 0.15) is 36.3 Å². The summed E-state index contributed by atoms with van der Waals surface area (Å²) in [6.45, 7) is 7.73. The van der Waals surface area contributed by atoms with Crippen molar-refractivity contribution in [2.24, 2.45) is 16.7 Å². The number of fused-ring (bicyclic) bond motifs is 5. The Labute approximate surface area is 411 Å². The van der Waals surface area contributed by atoms with Gasteiger partial charge >= 0.3 is 23.9 Å². The molecule has 11 atom stereocenters. The third kappa shape index (κ3) is 8.78. The van der Waals surface area contributed by atoms with Crippen molar-refractivity contribution in [1.29, 1.82) is 0 Å². The zero-order chi connectivity index (χ0) is 54.7. The van der Waals surface area contributed by atoms with E-state index in [2.05, 4.69) is 5.32 Å². The van der Waals surface area contributed by atoms with Crippen molar-refractivity contribution in [2.45, 2.75) is 115 Å². The SMILES string of the molecule is [2H]c1c([2H])c([2H])c(C(=O)N[C@@H](c2ccc(OCc3ccccc3)cc2)[C@@H](O)C(=O)O[C@H]2C[C@@]3(O)[C@@H](OC(=O)c4ccccc4)[C@@H]4[C@]5(OC(C)=O)CO[C@@H]5C[C@H](O)[C@@]4(C)C(=O)[C@H](OC(C)=O)C(=C2C)C3(C)C)c([2H])c1[2H]. The maximum atomic E-state index is 15.7. The molecule has 1 heterocycles. The van der Waals surface area contributed by atoms with Crippen LogP contribution in [-0.2, 0) is 49.5 Å². The van der Waals surface area contributed by atoms with Crippen LogP contribution in [0.4, 0.5) is 0 Å². The molecule has 0 spiro atoms. The average molecular weight is 965 g/mol. The van der Waals surface area contributed by atoms with Gasteiger partial charge in [-0.25, -0.2) is 9.59 Å². The number of carbonyl (C=O) groups excluding carboxylic acids is 6. The van der Waals surface area contributed by atoms with Crippen LogP contribution in [-0.4, -0.2) is 105 Å². The number of hydrogen-bond donors (Lipinski definition) is 4. The molecule has 0 aromatic heterocycles. The Morgan fingerprint density at radius 3 is 2.10 bits per heavy atom. The summed E-state index contributed by atoms with van der Waals surface area (Å²) >= 11 is 0. The van der Waals surface area contributed by atoms with E-state index in [1.165, 1.54) is 64.1 Å². The summed E-state index contributed by atoms with van der Waals surface area (Å²) in [6.07, 6.45) is -11.6. The Hall–Kier alpha value is -6.72. The maximum absolute atomic E-state index is 15.7. The number of aliphatic hydroxyl groups is 3. The minimum Gasteiger partial charge on any atom is -0.489 e. The second kappa shape index (κ2) is 19.2. The molecular weight excluding hydrogens is 903 g/mol. The highest BCUT2D eigenvalue weighted by Crippen LogP contribution is 2.64. The summed E-state index contributed by atoms with van der Waals surface area (Å²) in [5.74, 6) is -7.78. The zero-order valence-electron chi connectivity index (χ0n) is 44.3. The van der Waals surface area contributed by atoms with Gasteiger partial charge in [-0.2, -0.15) is 0 Å².